The van der Waals surface area contributed by atoms with E-state index in [-0.39, 0.29) is 29.3 Å². The Labute approximate surface area is 150 Å². The van der Waals surface area contributed by atoms with Crippen LogP contribution in [0.1, 0.15) is 22.2 Å². The summed E-state index contributed by atoms with van der Waals surface area (Å²) in [6.07, 6.45) is 0. The van der Waals surface area contributed by atoms with Crippen LogP contribution >= 0.6 is 27.3 Å². The van der Waals surface area contributed by atoms with Gasteiger partial charge in [-0.25, -0.2) is 0 Å². The molecule has 0 unspecified atom stereocenters. The van der Waals surface area contributed by atoms with Crippen molar-refractivity contribution in [3.05, 3.63) is 48.6 Å². The van der Waals surface area contributed by atoms with Crippen molar-refractivity contribution in [3.63, 3.8) is 0 Å². The lowest BCUT2D eigenvalue weighted by Crippen LogP contribution is -2.23. The summed E-state index contributed by atoms with van der Waals surface area (Å²) in [4.78, 5) is 24.0. The second kappa shape index (κ2) is 8.11. The van der Waals surface area contributed by atoms with Gasteiger partial charge in [0.2, 0.25) is 0 Å². The molecule has 0 saturated heterocycles. The van der Waals surface area contributed by atoms with E-state index >= 15 is 0 Å². The molecule has 2 rings (SSSR count). The Morgan fingerprint density at radius 1 is 1.38 bits per heavy atom. The van der Waals surface area contributed by atoms with Gasteiger partial charge in [-0.05, 0) is 35.0 Å². The van der Waals surface area contributed by atoms with Crippen LogP contribution in [0.3, 0.4) is 0 Å². The van der Waals surface area contributed by atoms with Crippen molar-refractivity contribution in [2.45, 2.75) is 13.5 Å². The summed E-state index contributed by atoms with van der Waals surface area (Å²) >= 11 is 4.82. The van der Waals surface area contributed by atoms with Gasteiger partial charge in [0.1, 0.15) is 5.56 Å². The van der Waals surface area contributed by atoms with Gasteiger partial charge in [-0.3, -0.25) is 14.9 Å². The second-order valence-corrected chi connectivity index (χ2v) is 7.15. The zero-order valence-electron chi connectivity index (χ0n) is 13.0. The molecule has 0 spiro atoms. The Balaban J connectivity index is 2.29. The zero-order chi connectivity index (χ0) is 17.7. The minimum atomic E-state index is -0.616. The number of methoxy groups -OCH3 is 1. The SMILES string of the molecule is CCOc1cc(C(=O)NCc2ccc(Br)s2)c([N+](=O)[O-])cc1OC. The summed E-state index contributed by atoms with van der Waals surface area (Å²) in [5, 5.41) is 13.9. The van der Waals surface area contributed by atoms with Crippen LogP contribution in [0.5, 0.6) is 11.5 Å². The van der Waals surface area contributed by atoms with Crippen LogP contribution in [0, 0.1) is 10.1 Å². The van der Waals surface area contributed by atoms with Crippen LogP contribution < -0.4 is 14.8 Å². The molecule has 1 aromatic heterocycles. The number of carbonyl (C=O) groups excluding carboxylic acids is 1. The predicted molar refractivity (Wildman–Crippen MR) is 94.0 cm³/mol. The Morgan fingerprint density at radius 2 is 2.12 bits per heavy atom. The maximum Gasteiger partial charge on any atom is 0.286 e. The number of nitro groups is 1. The van der Waals surface area contributed by atoms with E-state index < -0.39 is 10.8 Å². The highest BCUT2D eigenvalue weighted by Gasteiger charge is 2.24. The fraction of sp³-hybridized carbons (Fsp3) is 0.267. The molecule has 0 aliphatic heterocycles. The smallest absolute Gasteiger partial charge is 0.286 e. The fourth-order valence-electron chi connectivity index (χ4n) is 2.02. The van der Waals surface area contributed by atoms with Crippen LogP contribution in [0.2, 0.25) is 0 Å². The molecular weight excluding hydrogens is 400 g/mol. The summed E-state index contributed by atoms with van der Waals surface area (Å²) in [7, 11) is 1.38. The number of rotatable bonds is 7. The third-order valence-corrected chi connectivity index (χ3v) is 4.70. The number of nitrogens with zero attached hydrogens (tertiary/aromatic N) is 1. The first-order valence-corrected chi connectivity index (χ1v) is 8.58. The van der Waals surface area contributed by atoms with E-state index in [1.807, 2.05) is 12.1 Å². The normalized spacial score (nSPS) is 10.3. The largest absolute Gasteiger partial charge is 0.493 e. The molecule has 128 valence electrons. The first-order valence-electron chi connectivity index (χ1n) is 6.97. The van der Waals surface area contributed by atoms with Crippen molar-refractivity contribution in [2.75, 3.05) is 13.7 Å². The highest BCUT2D eigenvalue weighted by atomic mass is 79.9. The van der Waals surface area contributed by atoms with Crippen molar-refractivity contribution < 1.29 is 19.2 Å². The summed E-state index contributed by atoms with van der Waals surface area (Å²) in [6, 6.07) is 6.26. The van der Waals surface area contributed by atoms with Crippen LogP contribution in [0.15, 0.2) is 28.1 Å². The molecule has 1 amide bonds. The fourth-order valence-corrected chi connectivity index (χ4v) is 3.44. The van der Waals surface area contributed by atoms with E-state index in [2.05, 4.69) is 21.2 Å². The molecule has 7 nitrogen and oxygen atoms in total. The number of benzene rings is 1. The number of hydrogen-bond donors (Lipinski definition) is 1. The Morgan fingerprint density at radius 3 is 2.67 bits per heavy atom. The van der Waals surface area contributed by atoms with Crippen molar-refractivity contribution in [1.29, 1.82) is 0 Å². The van der Waals surface area contributed by atoms with Crippen LogP contribution in [-0.4, -0.2) is 24.5 Å². The number of nitro benzene ring substituents is 1. The van der Waals surface area contributed by atoms with Crippen molar-refractivity contribution in [3.8, 4) is 11.5 Å². The highest BCUT2D eigenvalue weighted by molar-refractivity contribution is 9.11. The number of amides is 1. The molecule has 1 aromatic carbocycles. The molecule has 24 heavy (non-hydrogen) atoms. The Hall–Kier alpha value is -2.13. The molecule has 0 saturated carbocycles. The van der Waals surface area contributed by atoms with Gasteiger partial charge in [0.25, 0.3) is 11.6 Å². The number of ether oxygens (including phenoxy) is 2. The molecule has 9 heteroatoms. The Bertz CT molecular complexity index is 762. The third-order valence-electron chi connectivity index (χ3n) is 3.08. The van der Waals surface area contributed by atoms with E-state index in [1.165, 1.54) is 30.6 Å². The van der Waals surface area contributed by atoms with E-state index in [0.29, 0.717) is 6.61 Å². The van der Waals surface area contributed by atoms with Gasteiger partial charge in [0, 0.05) is 10.9 Å². The molecule has 1 N–H and O–H groups in total. The minimum absolute atomic E-state index is 0.0696. The number of hydrogen-bond acceptors (Lipinski definition) is 6. The van der Waals surface area contributed by atoms with Gasteiger partial charge < -0.3 is 14.8 Å². The number of thiophene rings is 1. The first kappa shape index (κ1) is 18.2. The van der Waals surface area contributed by atoms with Gasteiger partial charge in [0.05, 0.1) is 35.0 Å². The molecule has 0 bridgehead atoms. The van der Waals surface area contributed by atoms with Crippen molar-refractivity contribution in [2.24, 2.45) is 0 Å². The third kappa shape index (κ3) is 4.24. The summed E-state index contributed by atoms with van der Waals surface area (Å²) in [5.41, 5.74) is -0.403. The standard InChI is InChI=1S/C15H15BrN2O5S/c1-3-23-13-6-10(11(18(20)21)7-12(13)22-2)15(19)17-8-9-4-5-14(16)24-9/h4-7H,3,8H2,1-2H3,(H,17,19). The molecule has 0 aliphatic carbocycles. The van der Waals surface area contributed by atoms with Crippen LogP contribution in [0.25, 0.3) is 0 Å². The van der Waals surface area contributed by atoms with E-state index in [9.17, 15) is 14.9 Å². The van der Waals surface area contributed by atoms with Gasteiger partial charge in [-0.2, -0.15) is 0 Å². The monoisotopic (exact) mass is 414 g/mol. The molecule has 1 heterocycles. The van der Waals surface area contributed by atoms with Crippen molar-refractivity contribution >= 4 is 38.9 Å². The maximum absolute atomic E-state index is 12.4. The van der Waals surface area contributed by atoms with E-state index in [0.717, 1.165) is 8.66 Å². The predicted octanol–water partition coefficient (Wildman–Crippen LogP) is 3.76. The number of nitrogens with one attached hydrogen (secondary N) is 1. The minimum Gasteiger partial charge on any atom is -0.493 e. The van der Waals surface area contributed by atoms with Crippen molar-refractivity contribution in [1.82, 2.24) is 5.32 Å². The molecule has 0 aliphatic rings. The highest BCUT2D eigenvalue weighted by Crippen LogP contribution is 2.34. The van der Waals surface area contributed by atoms with E-state index in [4.69, 9.17) is 9.47 Å². The average molecular weight is 415 g/mol. The van der Waals surface area contributed by atoms with Gasteiger partial charge in [0.15, 0.2) is 11.5 Å². The summed E-state index contributed by atoms with van der Waals surface area (Å²) in [6.45, 7) is 2.40. The topological polar surface area (TPSA) is 90.7 Å². The lowest BCUT2D eigenvalue weighted by molar-refractivity contribution is -0.385. The Kier molecular flexibility index (Phi) is 6.16. The van der Waals surface area contributed by atoms with Gasteiger partial charge >= 0.3 is 0 Å². The van der Waals surface area contributed by atoms with Gasteiger partial charge in [-0.15, -0.1) is 11.3 Å². The van der Waals surface area contributed by atoms with Crippen LogP contribution in [0.4, 0.5) is 5.69 Å². The molecule has 0 fully saturated rings. The maximum atomic E-state index is 12.4. The molecule has 0 radical (unpaired) electrons. The molecule has 0 atom stereocenters. The quantitative estimate of drug-likeness (QED) is 0.550. The molecule has 2 aromatic rings. The number of carbonyl (C=O) groups is 1. The van der Waals surface area contributed by atoms with Crippen LogP contribution in [-0.2, 0) is 6.54 Å². The molecular formula is C15H15BrN2O5S. The first-order chi connectivity index (χ1) is 11.5. The van der Waals surface area contributed by atoms with Gasteiger partial charge in [-0.1, -0.05) is 0 Å². The average Bonchev–Trinajstić information content (AvgIpc) is 2.97. The summed E-state index contributed by atoms with van der Waals surface area (Å²) in [5.74, 6) is -0.0493. The second-order valence-electron chi connectivity index (χ2n) is 4.60. The number of halogens is 1. The lowest BCUT2D eigenvalue weighted by Gasteiger charge is -2.12. The summed E-state index contributed by atoms with van der Waals surface area (Å²) < 4.78 is 11.4. The lowest BCUT2D eigenvalue weighted by atomic mass is 10.1. The van der Waals surface area contributed by atoms with E-state index in [1.54, 1.807) is 6.92 Å². The zero-order valence-corrected chi connectivity index (χ0v) is 15.4.